The second-order valence-electron chi connectivity index (χ2n) is 13.2. The number of hydrogen-bond donors (Lipinski definition) is 0. The van der Waals surface area contributed by atoms with Crippen molar-refractivity contribution < 1.29 is 4.42 Å². The molecular formula is C49H32N2O. The fourth-order valence-electron chi connectivity index (χ4n) is 7.71. The van der Waals surface area contributed by atoms with Crippen LogP contribution in [0.2, 0.25) is 0 Å². The minimum Gasteiger partial charge on any atom is -0.454 e. The zero-order valence-corrected chi connectivity index (χ0v) is 28.3. The van der Waals surface area contributed by atoms with Gasteiger partial charge in [-0.05, 0) is 86.3 Å². The van der Waals surface area contributed by atoms with Crippen molar-refractivity contribution in [3.63, 3.8) is 0 Å². The second kappa shape index (κ2) is 12.4. The summed E-state index contributed by atoms with van der Waals surface area (Å²) in [5, 5.41) is 7.22. The Morgan fingerprint density at radius 3 is 1.79 bits per heavy atom. The lowest BCUT2D eigenvalue weighted by atomic mass is 9.93. The van der Waals surface area contributed by atoms with Gasteiger partial charge in [-0.1, -0.05) is 140 Å². The van der Waals surface area contributed by atoms with Crippen LogP contribution in [-0.4, -0.2) is 4.98 Å². The molecule has 2 aromatic heterocycles. The molecule has 244 valence electrons. The van der Waals surface area contributed by atoms with Crippen LogP contribution in [0.25, 0.3) is 76.9 Å². The van der Waals surface area contributed by atoms with Crippen LogP contribution in [0.3, 0.4) is 0 Å². The van der Waals surface area contributed by atoms with Gasteiger partial charge in [0.15, 0.2) is 5.58 Å². The molecule has 3 heteroatoms. The lowest BCUT2D eigenvalue weighted by Gasteiger charge is -2.28. The molecule has 8 aromatic carbocycles. The van der Waals surface area contributed by atoms with E-state index in [1.807, 2.05) is 12.3 Å². The summed E-state index contributed by atoms with van der Waals surface area (Å²) in [4.78, 5) is 6.64. The van der Waals surface area contributed by atoms with Crippen molar-refractivity contribution in [2.45, 2.75) is 0 Å². The van der Waals surface area contributed by atoms with Crippen molar-refractivity contribution in [1.82, 2.24) is 4.98 Å². The first-order valence-electron chi connectivity index (χ1n) is 17.6. The van der Waals surface area contributed by atoms with Crippen LogP contribution < -0.4 is 4.90 Å². The third-order valence-electron chi connectivity index (χ3n) is 10.2. The predicted molar refractivity (Wildman–Crippen MR) is 218 cm³/mol. The second-order valence-corrected chi connectivity index (χ2v) is 13.2. The van der Waals surface area contributed by atoms with E-state index in [1.165, 1.54) is 38.2 Å². The van der Waals surface area contributed by atoms with Crippen molar-refractivity contribution in [3.8, 4) is 33.4 Å². The highest BCUT2D eigenvalue weighted by Crippen LogP contribution is 2.43. The quantitative estimate of drug-likeness (QED) is 0.166. The number of para-hydroxylation sites is 2. The maximum Gasteiger partial charge on any atom is 0.153 e. The number of hydrogen-bond acceptors (Lipinski definition) is 3. The van der Waals surface area contributed by atoms with E-state index in [0.29, 0.717) is 0 Å². The molecule has 0 radical (unpaired) electrons. The molecule has 0 amide bonds. The van der Waals surface area contributed by atoms with Gasteiger partial charge in [-0.25, -0.2) is 0 Å². The Hall–Kier alpha value is -6.97. The van der Waals surface area contributed by atoms with Gasteiger partial charge in [0.25, 0.3) is 0 Å². The number of rotatable bonds is 6. The van der Waals surface area contributed by atoms with E-state index in [1.54, 1.807) is 6.20 Å². The van der Waals surface area contributed by atoms with E-state index in [4.69, 9.17) is 4.42 Å². The van der Waals surface area contributed by atoms with Gasteiger partial charge >= 0.3 is 0 Å². The molecule has 0 bridgehead atoms. The van der Waals surface area contributed by atoms with Crippen molar-refractivity contribution in [2.24, 2.45) is 0 Å². The zero-order chi connectivity index (χ0) is 34.4. The summed E-state index contributed by atoms with van der Waals surface area (Å²) in [6.45, 7) is 0. The van der Waals surface area contributed by atoms with Crippen molar-refractivity contribution in [1.29, 1.82) is 0 Å². The van der Waals surface area contributed by atoms with Crippen LogP contribution in [0, 0.1) is 0 Å². The van der Waals surface area contributed by atoms with Gasteiger partial charge in [0.2, 0.25) is 0 Å². The van der Waals surface area contributed by atoms with Gasteiger partial charge in [-0.3, -0.25) is 4.98 Å². The fourth-order valence-corrected chi connectivity index (χ4v) is 7.71. The van der Waals surface area contributed by atoms with Crippen molar-refractivity contribution in [2.75, 3.05) is 4.90 Å². The molecule has 0 saturated carbocycles. The average molecular weight is 665 g/mol. The van der Waals surface area contributed by atoms with E-state index in [0.717, 1.165) is 55.7 Å². The summed E-state index contributed by atoms with van der Waals surface area (Å²) in [5.74, 6) is 0. The predicted octanol–water partition coefficient (Wildman–Crippen LogP) is 13.8. The molecule has 10 rings (SSSR count). The van der Waals surface area contributed by atoms with E-state index >= 15 is 0 Å². The minimum absolute atomic E-state index is 0.797. The number of nitrogens with zero attached hydrogens (tertiary/aromatic N) is 2. The summed E-state index contributed by atoms with van der Waals surface area (Å²) < 4.78 is 6.34. The van der Waals surface area contributed by atoms with Gasteiger partial charge in [0.1, 0.15) is 5.58 Å². The number of fused-ring (bicyclic) bond motifs is 6. The smallest absolute Gasteiger partial charge is 0.153 e. The molecule has 0 spiro atoms. The molecule has 0 saturated heterocycles. The molecule has 0 aliphatic heterocycles. The number of benzene rings is 8. The largest absolute Gasteiger partial charge is 0.454 e. The lowest BCUT2D eigenvalue weighted by Crippen LogP contribution is -2.11. The van der Waals surface area contributed by atoms with Gasteiger partial charge in [0, 0.05) is 39.5 Å². The van der Waals surface area contributed by atoms with Crippen molar-refractivity contribution >= 4 is 60.5 Å². The highest BCUT2D eigenvalue weighted by Gasteiger charge is 2.19. The maximum absolute atomic E-state index is 6.34. The maximum atomic E-state index is 6.34. The molecule has 0 N–H and O–H groups in total. The third kappa shape index (κ3) is 5.02. The Labute approximate surface area is 301 Å². The van der Waals surface area contributed by atoms with E-state index in [2.05, 4.69) is 186 Å². The minimum atomic E-state index is 0.797. The SMILES string of the molecule is c1ccc(-c2ccccc2N(c2ccc(-c3cc4ccccc4c4ccccc34)cc2)c2ccc(-c3cccc4c3oc3cnccc34)cc2)cc1. The van der Waals surface area contributed by atoms with Crippen molar-refractivity contribution in [3.05, 3.63) is 194 Å². The number of aromatic nitrogens is 1. The molecule has 0 atom stereocenters. The Morgan fingerprint density at radius 2 is 1.00 bits per heavy atom. The van der Waals surface area contributed by atoms with E-state index < -0.39 is 0 Å². The van der Waals surface area contributed by atoms with E-state index in [-0.39, 0.29) is 0 Å². The van der Waals surface area contributed by atoms with Gasteiger partial charge < -0.3 is 9.32 Å². The molecule has 0 unspecified atom stereocenters. The Kier molecular flexibility index (Phi) is 7.14. The Balaban J connectivity index is 1.11. The molecular weight excluding hydrogens is 633 g/mol. The normalized spacial score (nSPS) is 11.5. The topological polar surface area (TPSA) is 29.3 Å². The van der Waals surface area contributed by atoms with E-state index in [9.17, 15) is 0 Å². The molecule has 52 heavy (non-hydrogen) atoms. The first kappa shape index (κ1) is 29.9. The highest BCUT2D eigenvalue weighted by molar-refractivity contribution is 6.14. The molecule has 10 aromatic rings. The Morgan fingerprint density at radius 1 is 0.404 bits per heavy atom. The zero-order valence-electron chi connectivity index (χ0n) is 28.3. The molecule has 3 nitrogen and oxygen atoms in total. The summed E-state index contributed by atoms with van der Waals surface area (Å²) in [6, 6.07) is 65.2. The van der Waals surface area contributed by atoms with Gasteiger partial charge in [0.05, 0.1) is 11.9 Å². The van der Waals surface area contributed by atoms with Crippen LogP contribution >= 0.6 is 0 Å². The highest BCUT2D eigenvalue weighted by atomic mass is 16.3. The molecule has 0 aliphatic carbocycles. The van der Waals surface area contributed by atoms with Crippen LogP contribution in [0.1, 0.15) is 0 Å². The summed E-state index contributed by atoms with van der Waals surface area (Å²) >= 11 is 0. The summed E-state index contributed by atoms with van der Waals surface area (Å²) in [6.07, 6.45) is 3.61. The van der Waals surface area contributed by atoms with Crippen LogP contribution in [0.4, 0.5) is 17.1 Å². The monoisotopic (exact) mass is 664 g/mol. The van der Waals surface area contributed by atoms with Crippen LogP contribution in [0.5, 0.6) is 0 Å². The number of pyridine rings is 1. The average Bonchev–Trinajstić information content (AvgIpc) is 3.61. The van der Waals surface area contributed by atoms with Crippen LogP contribution in [-0.2, 0) is 0 Å². The standard InChI is InChI=1S/C49H32N2O/c1-2-11-33(12-3-1)40-15-8-9-20-47(40)51(37-25-21-34(22-26-37)41-18-10-19-45-44-29-30-50-32-48(44)52-49(41)45)38-27-23-35(24-28-38)46-31-36-13-4-5-14-39(36)42-16-6-7-17-43(42)46/h1-32H. The Bertz CT molecular complexity index is 2890. The lowest BCUT2D eigenvalue weighted by molar-refractivity contribution is 0.668. The molecule has 0 fully saturated rings. The summed E-state index contributed by atoms with van der Waals surface area (Å²) in [7, 11) is 0. The first-order chi connectivity index (χ1) is 25.8. The third-order valence-corrected chi connectivity index (χ3v) is 10.2. The fraction of sp³-hybridized carbons (Fsp3) is 0. The first-order valence-corrected chi connectivity index (χ1v) is 17.6. The summed E-state index contributed by atoms with van der Waals surface area (Å²) in [5.41, 5.74) is 11.8. The molecule has 2 heterocycles. The number of furan rings is 1. The van der Waals surface area contributed by atoms with Gasteiger partial charge in [-0.2, -0.15) is 0 Å². The molecule has 0 aliphatic rings. The van der Waals surface area contributed by atoms with Gasteiger partial charge in [-0.15, -0.1) is 0 Å². The number of anilines is 3. The van der Waals surface area contributed by atoms with Crippen LogP contribution in [0.15, 0.2) is 199 Å².